The lowest BCUT2D eigenvalue weighted by Gasteiger charge is -2.23. The third-order valence-electron chi connectivity index (χ3n) is 6.09. The zero-order valence-corrected chi connectivity index (χ0v) is 20.1. The second-order valence-corrected chi connectivity index (χ2v) is 8.60. The molecule has 2 aromatic rings. The van der Waals surface area contributed by atoms with E-state index in [1.807, 2.05) is 12.2 Å². The molecule has 2 atom stereocenters. The monoisotopic (exact) mass is 506 g/mol. The maximum atomic E-state index is 12.6. The van der Waals surface area contributed by atoms with Crippen LogP contribution in [0.1, 0.15) is 30.9 Å². The number of methoxy groups -OCH3 is 1. The third-order valence-corrected chi connectivity index (χ3v) is 6.09. The molecule has 5 rings (SSSR count). The van der Waals surface area contributed by atoms with Gasteiger partial charge in [-0.3, -0.25) is 9.78 Å². The Hall–Kier alpha value is -4.38. The number of aliphatic hydroxyl groups excluding tert-OH is 1. The van der Waals surface area contributed by atoms with Crippen LogP contribution in [0.3, 0.4) is 0 Å². The van der Waals surface area contributed by atoms with E-state index in [4.69, 9.17) is 18.9 Å². The van der Waals surface area contributed by atoms with Crippen LogP contribution in [0.15, 0.2) is 72.4 Å². The molecule has 0 unspecified atom stereocenters. The number of rotatable bonds is 8. The summed E-state index contributed by atoms with van der Waals surface area (Å²) in [5, 5.41) is 13.4. The first-order chi connectivity index (χ1) is 18.0. The van der Waals surface area contributed by atoms with Gasteiger partial charge in [-0.2, -0.15) is 0 Å². The van der Waals surface area contributed by atoms with Crippen LogP contribution in [-0.4, -0.2) is 58.3 Å². The Morgan fingerprint density at radius 1 is 1.32 bits per heavy atom. The Labute approximate surface area is 212 Å². The molecule has 2 N–H and O–H groups in total. The maximum Gasteiger partial charge on any atom is 0.417 e. The van der Waals surface area contributed by atoms with Crippen LogP contribution in [0.5, 0.6) is 5.88 Å². The van der Waals surface area contributed by atoms with Gasteiger partial charge >= 0.3 is 6.09 Å². The molecule has 1 fully saturated rings. The van der Waals surface area contributed by atoms with Crippen molar-refractivity contribution in [2.24, 2.45) is 0 Å². The third kappa shape index (κ3) is 5.41. The summed E-state index contributed by atoms with van der Waals surface area (Å²) in [5.41, 5.74) is 2.47. The van der Waals surface area contributed by atoms with Crippen LogP contribution in [0.25, 0.3) is 11.0 Å². The van der Waals surface area contributed by atoms with Crippen molar-refractivity contribution in [1.29, 1.82) is 0 Å². The maximum absolute atomic E-state index is 12.6. The summed E-state index contributed by atoms with van der Waals surface area (Å²) in [6.45, 7) is 0.242. The minimum Gasteiger partial charge on any atom is -0.481 e. The molecule has 11 nitrogen and oxygen atoms in total. The quantitative estimate of drug-likeness (QED) is 0.554. The topological polar surface area (TPSA) is 132 Å². The van der Waals surface area contributed by atoms with Crippen molar-refractivity contribution >= 4 is 23.0 Å². The number of hydrogen-bond donors (Lipinski definition) is 2. The molecule has 11 heteroatoms. The van der Waals surface area contributed by atoms with Crippen molar-refractivity contribution in [3.05, 3.63) is 77.9 Å². The van der Waals surface area contributed by atoms with E-state index in [1.54, 1.807) is 24.4 Å². The smallest absolute Gasteiger partial charge is 0.417 e. The van der Waals surface area contributed by atoms with Crippen LogP contribution < -0.4 is 10.1 Å². The molecule has 2 amide bonds. The molecule has 0 aromatic carbocycles. The van der Waals surface area contributed by atoms with Crippen LogP contribution >= 0.6 is 0 Å². The molecule has 4 heterocycles. The van der Waals surface area contributed by atoms with Crippen molar-refractivity contribution in [2.45, 2.75) is 31.5 Å². The zero-order valence-electron chi connectivity index (χ0n) is 20.1. The van der Waals surface area contributed by atoms with Gasteiger partial charge < -0.3 is 29.4 Å². The molecule has 1 aliphatic carbocycles. The second kappa shape index (κ2) is 10.7. The van der Waals surface area contributed by atoms with Gasteiger partial charge in [-0.05, 0) is 30.5 Å². The normalized spacial score (nSPS) is 19.7. The number of ether oxygens (including phenoxy) is 4. The van der Waals surface area contributed by atoms with Crippen LogP contribution in [0.4, 0.5) is 4.79 Å². The SMILES string of the molecule is COc1ccc2nccc([C@H](O)CC(=O)NC[C@@H]3CN(C4=COC=C(C5=CC=CCC5)O4)C(=O)O3)c2n1. The van der Waals surface area contributed by atoms with Crippen LogP contribution in [0.2, 0.25) is 0 Å². The van der Waals surface area contributed by atoms with Gasteiger partial charge in [0, 0.05) is 17.8 Å². The van der Waals surface area contributed by atoms with Gasteiger partial charge in [-0.25, -0.2) is 14.7 Å². The number of cyclic esters (lactones) is 1. The summed E-state index contributed by atoms with van der Waals surface area (Å²) in [4.78, 5) is 34.9. The summed E-state index contributed by atoms with van der Waals surface area (Å²) in [7, 11) is 1.50. The van der Waals surface area contributed by atoms with E-state index in [-0.39, 0.29) is 25.4 Å². The number of pyridine rings is 2. The molecule has 0 saturated carbocycles. The number of nitrogens with zero attached hydrogens (tertiary/aromatic N) is 3. The zero-order chi connectivity index (χ0) is 25.8. The highest BCUT2D eigenvalue weighted by molar-refractivity contribution is 5.81. The Morgan fingerprint density at radius 2 is 2.22 bits per heavy atom. The molecular formula is C26H26N4O7. The van der Waals surface area contributed by atoms with E-state index in [2.05, 4.69) is 21.4 Å². The Morgan fingerprint density at radius 3 is 3.03 bits per heavy atom. The average Bonchev–Trinajstić information content (AvgIpc) is 3.32. The lowest BCUT2D eigenvalue weighted by molar-refractivity contribution is -0.123. The van der Waals surface area contributed by atoms with Gasteiger partial charge in [-0.1, -0.05) is 18.2 Å². The molecule has 0 spiro atoms. The van der Waals surface area contributed by atoms with Gasteiger partial charge in [0.25, 0.3) is 0 Å². The molecule has 0 bridgehead atoms. The fourth-order valence-corrected chi connectivity index (χ4v) is 4.19. The fourth-order valence-electron chi connectivity index (χ4n) is 4.19. The first-order valence-corrected chi connectivity index (χ1v) is 11.8. The second-order valence-electron chi connectivity index (χ2n) is 8.60. The van der Waals surface area contributed by atoms with E-state index in [9.17, 15) is 14.7 Å². The summed E-state index contributed by atoms with van der Waals surface area (Å²) in [6.07, 6.45) is 9.53. The van der Waals surface area contributed by atoms with Crippen molar-refractivity contribution in [2.75, 3.05) is 20.2 Å². The van der Waals surface area contributed by atoms with Gasteiger partial charge in [-0.15, -0.1) is 0 Å². The Kier molecular flexibility index (Phi) is 7.04. The molecule has 192 valence electrons. The molecule has 37 heavy (non-hydrogen) atoms. The Balaban J connectivity index is 1.15. The van der Waals surface area contributed by atoms with Gasteiger partial charge in [0.15, 0.2) is 12.0 Å². The summed E-state index contributed by atoms with van der Waals surface area (Å²) >= 11 is 0. The number of carbonyl (C=O) groups excluding carboxylic acids is 2. The highest BCUT2D eigenvalue weighted by Gasteiger charge is 2.36. The lowest BCUT2D eigenvalue weighted by atomic mass is 10.0. The minimum absolute atomic E-state index is 0.0732. The molecule has 3 aliphatic rings. The van der Waals surface area contributed by atoms with Crippen molar-refractivity contribution < 1.29 is 33.6 Å². The largest absolute Gasteiger partial charge is 0.481 e. The molecule has 2 aromatic heterocycles. The molecular weight excluding hydrogens is 480 g/mol. The predicted molar refractivity (Wildman–Crippen MR) is 130 cm³/mol. The Bertz CT molecular complexity index is 1330. The van der Waals surface area contributed by atoms with Crippen molar-refractivity contribution in [1.82, 2.24) is 20.2 Å². The number of fused-ring (bicyclic) bond motifs is 1. The summed E-state index contributed by atoms with van der Waals surface area (Å²) in [5.74, 6) is 0.725. The van der Waals surface area contributed by atoms with E-state index >= 15 is 0 Å². The van der Waals surface area contributed by atoms with E-state index in [0.29, 0.717) is 28.2 Å². The average molecular weight is 507 g/mol. The molecule has 2 aliphatic heterocycles. The van der Waals surface area contributed by atoms with E-state index in [1.165, 1.54) is 24.5 Å². The van der Waals surface area contributed by atoms with Crippen LogP contribution in [-0.2, 0) is 19.0 Å². The fraction of sp³-hybridized carbons (Fsp3) is 0.308. The van der Waals surface area contributed by atoms with Crippen LogP contribution in [0, 0.1) is 0 Å². The van der Waals surface area contributed by atoms with Gasteiger partial charge in [0.1, 0.15) is 12.4 Å². The number of aliphatic hydroxyl groups is 1. The summed E-state index contributed by atoms with van der Waals surface area (Å²) < 4.78 is 21.8. The first kappa shape index (κ1) is 24.3. The lowest BCUT2D eigenvalue weighted by Crippen LogP contribution is -2.35. The van der Waals surface area contributed by atoms with Gasteiger partial charge in [0.2, 0.25) is 17.7 Å². The number of nitrogens with one attached hydrogen (secondary N) is 1. The number of allylic oxidation sites excluding steroid dienone is 4. The number of aromatic nitrogens is 2. The van der Waals surface area contributed by atoms with Crippen molar-refractivity contribution in [3.63, 3.8) is 0 Å². The van der Waals surface area contributed by atoms with Crippen molar-refractivity contribution in [3.8, 4) is 5.88 Å². The highest BCUT2D eigenvalue weighted by Crippen LogP contribution is 2.29. The number of amides is 2. The number of hydrogen-bond acceptors (Lipinski definition) is 9. The number of carbonyl (C=O) groups is 2. The van der Waals surface area contributed by atoms with E-state index < -0.39 is 24.2 Å². The van der Waals surface area contributed by atoms with Gasteiger partial charge in [0.05, 0.1) is 43.8 Å². The highest BCUT2D eigenvalue weighted by atomic mass is 16.6. The molecule has 1 saturated heterocycles. The standard InChI is InChI=1S/C26H26N4O7/c1-34-23-8-7-19-25(29-23)18(9-10-27-19)20(31)11-22(32)28-12-17-13-30(26(33)36-17)24-15-35-14-21(37-24)16-5-3-2-4-6-16/h2-3,5,7-10,14-15,17,20,31H,4,6,11-13H2,1H3,(H,28,32)/t17-,20-/m1/s1. The summed E-state index contributed by atoms with van der Waals surface area (Å²) in [6, 6.07) is 5.02. The minimum atomic E-state index is -1.11. The van der Waals surface area contributed by atoms with E-state index in [0.717, 1.165) is 18.4 Å². The predicted octanol–water partition coefficient (Wildman–Crippen LogP) is 2.96. The molecule has 0 radical (unpaired) electrons. The first-order valence-electron chi connectivity index (χ1n) is 11.8.